The number of amides is 1. The quantitative estimate of drug-likeness (QED) is 0.716. The van der Waals surface area contributed by atoms with E-state index in [9.17, 15) is 9.59 Å². The van der Waals surface area contributed by atoms with Gasteiger partial charge < -0.3 is 15.2 Å². The van der Waals surface area contributed by atoms with Crippen LogP contribution in [0.25, 0.3) is 0 Å². The molecule has 0 spiro atoms. The first-order chi connectivity index (χ1) is 11.1. The van der Waals surface area contributed by atoms with Crippen LogP contribution in [0.1, 0.15) is 23.2 Å². The van der Waals surface area contributed by atoms with E-state index in [1.807, 2.05) is 30.3 Å². The molecule has 0 fully saturated rings. The lowest BCUT2D eigenvalue weighted by Gasteiger charge is -2.09. The van der Waals surface area contributed by atoms with Crippen molar-refractivity contribution in [1.82, 2.24) is 0 Å². The fourth-order valence-electron chi connectivity index (χ4n) is 1.95. The minimum absolute atomic E-state index is 0.0493. The molecule has 2 aromatic rings. The van der Waals surface area contributed by atoms with E-state index < -0.39 is 5.97 Å². The Morgan fingerprint density at radius 3 is 2.57 bits per heavy atom. The summed E-state index contributed by atoms with van der Waals surface area (Å²) in [5.74, 6) is -0.575. The molecule has 2 rings (SSSR count). The SMILES string of the molecule is O=C(CCCOc1ccccc1)Nc1ccc(Br)cc1C(=O)O. The normalized spacial score (nSPS) is 10.1. The molecule has 0 aliphatic rings. The van der Waals surface area contributed by atoms with Crippen molar-refractivity contribution in [3.05, 3.63) is 58.6 Å². The zero-order chi connectivity index (χ0) is 16.7. The number of hydrogen-bond acceptors (Lipinski definition) is 3. The lowest BCUT2D eigenvalue weighted by Crippen LogP contribution is -2.15. The van der Waals surface area contributed by atoms with Gasteiger partial charge >= 0.3 is 5.97 Å². The molecule has 0 saturated carbocycles. The van der Waals surface area contributed by atoms with Crippen molar-refractivity contribution in [1.29, 1.82) is 0 Å². The average molecular weight is 378 g/mol. The number of anilines is 1. The van der Waals surface area contributed by atoms with Crippen LogP contribution < -0.4 is 10.1 Å². The topological polar surface area (TPSA) is 75.6 Å². The lowest BCUT2D eigenvalue weighted by atomic mass is 10.1. The van der Waals surface area contributed by atoms with Gasteiger partial charge in [-0.15, -0.1) is 0 Å². The van der Waals surface area contributed by atoms with Crippen LogP contribution in [0.4, 0.5) is 5.69 Å². The summed E-state index contributed by atoms with van der Waals surface area (Å²) in [5, 5.41) is 11.8. The molecule has 0 bridgehead atoms. The van der Waals surface area contributed by atoms with Crippen LogP contribution in [0.5, 0.6) is 5.75 Å². The molecule has 0 aliphatic carbocycles. The predicted octanol–water partition coefficient (Wildman–Crippen LogP) is 3.95. The first-order valence-corrected chi connectivity index (χ1v) is 7.86. The maximum absolute atomic E-state index is 11.9. The molecule has 1 amide bonds. The van der Waals surface area contributed by atoms with Crippen LogP contribution >= 0.6 is 15.9 Å². The minimum atomic E-state index is -1.09. The van der Waals surface area contributed by atoms with Gasteiger partial charge in [-0.25, -0.2) is 4.79 Å². The van der Waals surface area contributed by atoms with Crippen molar-refractivity contribution in [2.75, 3.05) is 11.9 Å². The number of halogens is 1. The van der Waals surface area contributed by atoms with Gasteiger partial charge in [-0.1, -0.05) is 34.1 Å². The second-order valence-corrected chi connectivity index (χ2v) is 5.72. The van der Waals surface area contributed by atoms with Gasteiger partial charge in [0.15, 0.2) is 0 Å². The molecule has 5 nitrogen and oxygen atoms in total. The Hall–Kier alpha value is -2.34. The van der Waals surface area contributed by atoms with Crippen LogP contribution in [0, 0.1) is 0 Å². The lowest BCUT2D eigenvalue weighted by molar-refractivity contribution is -0.116. The second-order valence-electron chi connectivity index (χ2n) is 4.81. The van der Waals surface area contributed by atoms with E-state index in [1.165, 1.54) is 6.07 Å². The highest BCUT2D eigenvalue weighted by Crippen LogP contribution is 2.21. The number of ether oxygens (including phenoxy) is 1. The number of hydrogen-bond donors (Lipinski definition) is 2. The fraction of sp³-hybridized carbons (Fsp3) is 0.176. The van der Waals surface area contributed by atoms with Crippen molar-refractivity contribution in [2.24, 2.45) is 0 Å². The maximum Gasteiger partial charge on any atom is 0.337 e. The predicted molar refractivity (Wildman–Crippen MR) is 90.9 cm³/mol. The summed E-state index contributed by atoms with van der Waals surface area (Å²) in [7, 11) is 0. The number of carbonyl (C=O) groups is 2. The van der Waals surface area contributed by atoms with Gasteiger partial charge in [0, 0.05) is 10.9 Å². The zero-order valence-corrected chi connectivity index (χ0v) is 13.9. The number of carboxylic acids is 1. The summed E-state index contributed by atoms with van der Waals surface area (Å²) in [6.45, 7) is 0.420. The standard InChI is InChI=1S/C17H16BrNO4/c18-12-8-9-15(14(11-12)17(21)22)19-16(20)7-4-10-23-13-5-2-1-3-6-13/h1-3,5-6,8-9,11H,4,7,10H2,(H,19,20)(H,21,22). The summed E-state index contributed by atoms with van der Waals surface area (Å²) in [4.78, 5) is 23.1. The molecule has 6 heteroatoms. The van der Waals surface area contributed by atoms with Gasteiger partial charge in [-0.05, 0) is 36.8 Å². The molecule has 0 unspecified atom stereocenters. The maximum atomic E-state index is 11.9. The smallest absolute Gasteiger partial charge is 0.337 e. The molecule has 0 heterocycles. The third-order valence-corrected chi connectivity index (χ3v) is 3.54. The molecule has 120 valence electrons. The third kappa shape index (κ3) is 5.41. The van der Waals surface area contributed by atoms with Gasteiger partial charge in [0.1, 0.15) is 5.75 Å². The van der Waals surface area contributed by atoms with E-state index in [-0.39, 0.29) is 23.6 Å². The number of nitrogens with one attached hydrogen (secondary N) is 1. The Balaban J connectivity index is 1.82. The molecule has 0 saturated heterocycles. The summed E-state index contributed by atoms with van der Waals surface area (Å²) < 4.78 is 6.15. The molecule has 0 atom stereocenters. The van der Waals surface area contributed by atoms with Gasteiger partial charge in [-0.3, -0.25) is 4.79 Å². The highest BCUT2D eigenvalue weighted by Gasteiger charge is 2.12. The number of rotatable bonds is 7. The Bertz CT molecular complexity index is 688. The Morgan fingerprint density at radius 1 is 1.13 bits per heavy atom. The molecular weight excluding hydrogens is 362 g/mol. The molecule has 0 aromatic heterocycles. The Kier molecular flexibility index (Phi) is 6.17. The van der Waals surface area contributed by atoms with Crippen LogP contribution in [-0.2, 0) is 4.79 Å². The van der Waals surface area contributed by atoms with E-state index in [0.29, 0.717) is 17.5 Å². The van der Waals surface area contributed by atoms with Gasteiger partial charge in [0.05, 0.1) is 17.9 Å². The largest absolute Gasteiger partial charge is 0.494 e. The van der Waals surface area contributed by atoms with E-state index in [0.717, 1.165) is 5.75 Å². The number of para-hydroxylation sites is 1. The minimum Gasteiger partial charge on any atom is -0.494 e. The number of aromatic carboxylic acids is 1. The fourth-order valence-corrected chi connectivity index (χ4v) is 2.32. The average Bonchev–Trinajstić information content (AvgIpc) is 2.54. The molecule has 2 aromatic carbocycles. The number of carbonyl (C=O) groups excluding carboxylic acids is 1. The van der Waals surface area contributed by atoms with Crippen LogP contribution in [-0.4, -0.2) is 23.6 Å². The molecule has 0 aliphatic heterocycles. The van der Waals surface area contributed by atoms with E-state index in [1.54, 1.807) is 12.1 Å². The summed E-state index contributed by atoms with van der Waals surface area (Å²) >= 11 is 3.21. The highest BCUT2D eigenvalue weighted by atomic mass is 79.9. The Labute approximate surface area is 142 Å². The number of benzene rings is 2. The molecular formula is C17H16BrNO4. The first-order valence-electron chi connectivity index (χ1n) is 7.07. The van der Waals surface area contributed by atoms with Crippen molar-refractivity contribution in [3.63, 3.8) is 0 Å². The summed E-state index contributed by atoms with van der Waals surface area (Å²) in [6.07, 6.45) is 0.793. The molecule has 0 radical (unpaired) electrons. The third-order valence-electron chi connectivity index (χ3n) is 3.05. The van der Waals surface area contributed by atoms with Crippen LogP contribution in [0.3, 0.4) is 0 Å². The van der Waals surface area contributed by atoms with E-state index in [2.05, 4.69) is 21.2 Å². The van der Waals surface area contributed by atoms with Crippen molar-refractivity contribution in [3.8, 4) is 5.75 Å². The highest BCUT2D eigenvalue weighted by molar-refractivity contribution is 9.10. The molecule has 2 N–H and O–H groups in total. The molecule has 23 heavy (non-hydrogen) atoms. The monoisotopic (exact) mass is 377 g/mol. The van der Waals surface area contributed by atoms with Crippen molar-refractivity contribution < 1.29 is 19.4 Å². The first kappa shape index (κ1) is 17.0. The van der Waals surface area contributed by atoms with Crippen LogP contribution in [0.15, 0.2) is 53.0 Å². The summed E-state index contributed by atoms with van der Waals surface area (Å²) in [5.41, 5.74) is 0.336. The van der Waals surface area contributed by atoms with E-state index >= 15 is 0 Å². The van der Waals surface area contributed by atoms with Gasteiger partial charge in [0.2, 0.25) is 5.91 Å². The van der Waals surface area contributed by atoms with Crippen molar-refractivity contribution in [2.45, 2.75) is 12.8 Å². The van der Waals surface area contributed by atoms with Crippen LogP contribution in [0.2, 0.25) is 0 Å². The van der Waals surface area contributed by atoms with Gasteiger partial charge in [0.25, 0.3) is 0 Å². The zero-order valence-electron chi connectivity index (χ0n) is 12.3. The second kappa shape index (κ2) is 8.33. The van der Waals surface area contributed by atoms with Gasteiger partial charge in [-0.2, -0.15) is 0 Å². The number of carboxylic acid groups (broad SMARTS) is 1. The Morgan fingerprint density at radius 2 is 1.87 bits per heavy atom. The summed E-state index contributed by atoms with van der Waals surface area (Å²) in [6, 6.07) is 14.1. The van der Waals surface area contributed by atoms with E-state index in [4.69, 9.17) is 9.84 Å². The van der Waals surface area contributed by atoms with Crippen molar-refractivity contribution >= 4 is 33.5 Å².